The molecule has 2 atom stereocenters. The van der Waals surface area contributed by atoms with Crippen LogP contribution in [0.1, 0.15) is 117 Å². The van der Waals surface area contributed by atoms with E-state index in [1.807, 2.05) is 0 Å². The molecule has 0 heterocycles. The predicted molar refractivity (Wildman–Crippen MR) is 200 cm³/mol. The molecule has 0 saturated carbocycles. The minimum absolute atomic E-state index is 0.210. The molecule has 0 fully saturated rings. The maximum atomic E-state index is 13.6. The van der Waals surface area contributed by atoms with E-state index in [9.17, 15) is 28.8 Å². The molecule has 52 heavy (non-hydrogen) atoms. The Labute approximate surface area is 314 Å². The van der Waals surface area contributed by atoms with Gasteiger partial charge in [0.1, 0.15) is 34.5 Å². The van der Waals surface area contributed by atoms with Crippen molar-refractivity contribution in [1.82, 2.24) is 10.6 Å². The van der Waals surface area contributed by atoms with Gasteiger partial charge in [0, 0.05) is 9.79 Å². The van der Waals surface area contributed by atoms with Gasteiger partial charge in [-0.05, 0) is 107 Å². The van der Waals surface area contributed by atoms with Crippen LogP contribution in [-0.4, -0.2) is 70.2 Å². The van der Waals surface area contributed by atoms with E-state index >= 15 is 0 Å². The van der Waals surface area contributed by atoms with E-state index in [-0.39, 0.29) is 11.1 Å². The van der Waals surface area contributed by atoms with Crippen molar-refractivity contribution in [3.63, 3.8) is 0 Å². The largest absolute Gasteiger partial charge is 0.460 e. The molecule has 12 nitrogen and oxygen atoms in total. The van der Waals surface area contributed by atoms with Gasteiger partial charge in [-0.3, -0.25) is 19.2 Å². The van der Waals surface area contributed by atoms with E-state index in [0.717, 1.165) is 0 Å². The Morgan fingerprint density at radius 2 is 0.788 bits per heavy atom. The Kier molecular flexibility index (Phi) is 15.4. The van der Waals surface area contributed by atoms with Gasteiger partial charge in [0.05, 0.1) is 24.0 Å². The van der Waals surface area contributed by atoms with Crippen molar-refractivity contribution in [2.75, 3.05) is 0 Å². The Bertz CT molecular complexity index is 1500. The van der Waals surface area contributed by atoms with Gasteiger partial charge < -0.3 is 29.6 Å². The maximum absolute atomic E-state index is 13.6. The lowest BCUT2D eigenvalue weighted by Gasteiger charge is -2.26. The molecule has 0 aliphatic rings. The molecule has 0 aliphatic heterocycles. The van der Waals surface area contributed by atoms with Crippen LogP contribution in [0.15, 0.2) is 58.3 Å². The summed E-state index contributed by atoms with van der Waals surface area (Å²) in [5, 5.41) is 5.27. The molecule has 0 radical (unpaired) electrons. The molecule has 2 rings (SSSR count). The third-order valence-corrected chi connectivity index (χ3v) is 8.54. The number of esters is 4. The SMILES string of the molecule is CC(C)(C)OC(=O)CC(NC(=O)c1ccccc1SSc1ccccc1C(=O)NC(CC(=O)OC(C)(C)C)C(=O)OC(C)(C)C)C(=O)OC(C)(C)C. The van der Waals surface area contributed by atoms with E-state index < -0.39 is 83.0 Å². The van der Waals surface area contributed by atoms with Crippen molar-refractivity contribution in [1.29, 1.82) is 0 Å². The molecule has 2 amide bonds. The summed E-state index contributed by atoms with van der Waals surface area (Å²) < 4.78 is 21.7. The van der Waals surface area contributed by atoms with Crippen molar-refractivity contribution in [2.45, 2.75) is 140 Å². The highest BCUT2D eigenvalue weighted by Gasteiger charge is 2.33. The first kappa shape index (κ1) is 44.1. The Balaban J connectivity index is 2.31. The van der Waals surface area contributed by atoms with Gasteiger partial charge in [-0.15, -0.1) is 0 Å². The summed E-state index contributed by atoms with van der Waals surface area (Å²) in [5.74, 6) is -4.20. The van der Waals surface area contributed by atoms with Crippen LogP contribution in [0.5, 0.6) is 0 Å². The quantitative estimate of drug-likeness (QED) is 0.125. The van der Waals surface area contributed by atoms with Gasteiger partial charge in [-0.1, -0.05) is 45.9 Å². The fourth-order valence-electron chi connectivity index (χ4n) is 4.25. The van der Waals surface area contributed by atoms with Crippen molar-refractivity contribution in [2.24, 2.45) is 0 Å². The Hall–Kier alpha value is -4.04. The van der Waals surface area contributed by atoms with Crippen LogP contribution in [0.25, 0.3) is 0 Å². The number of ether oxygens (including phenoxy) is 4. The molecule has 286 valence electrons. The lowest BCUT2D eigenvalue weighted by atomic mass is 10.1. The van der Waals surface area contributed by atoms with E-state index in [0.29, 0.717) is 9.79 Å². The number of hydrogen-bond acceptors (Lipinski definition) is 12. The number of nitrogens with one attached hydrogen (secondary N) is 2. The molecule has 0 aliphatic carbocycles. The summed E-state index contributed by atoms with van der Waals surface area (Å²) >= 11 is 0. The number of carbonyl (C=O) groups is 6. The van der Waals surface area contributed by atoms with Crippen molar-refractivity contribution in [3.05, 3.63) is 59.7 Å². The summed E-state index contributed by atoms with van der Waals surface area (Å²) in [7, 11) is 2.36. The van der Waals surface area contributed by atoms with Crippen LogP contribution < -0.4 is 10.6 Å². The smallest absolute Gasteiger partial charge is 0.329 e. The van der Waals surface area contributed by atoms with Gasteiger partial charge in [-0.25, -0.2) is 9.59 Å². The van der Waals surface area contributed by atoms with E-state index in [2.05, 4.69) is 10.6 Å². The number of rotatable bonds is 13. The highest BCUT2D eigenvalue weighted by molar-refractivity contribution is 8.76. The van der Waals surface area contributed by atoms with Crippen LogP contribution in [0.4, 0.5) is 0 Å². The van der Waals surface area contributed by atoms with Crippen LogP contribution >= 0.6 is 21.6 Å². The highest BCUT2D eigenvalue weighted by Crippen LogP contribution is 2.40. The van der Waals surface area contributed by atoms with Gasteiger partial charge >= 0.3 is 23.9 Å². The summed E-state index contributed by atoms with van der Waals surface area (Å²) in [4.78, 5) is 79.7. The van der Waals surface area contributed by atoms with E-state index in [1.165, 1.54) is 21.6 Å². The second-order valence-corrected chi connectivity index (χ2v) is 18.1. The predicted octanol–water partition coefficient (Wildman–Crippen LogP) is 6.83. The van der Waals surface area contributed by atoms with Gasteiger partial charge in [-0.2, -0.15) is 0 Å². The lowest BCUT2D eigenvalue weighted by Crippen LogP contribution is -2.46. The average molecular weight is 761 g/mol. The summed E-state index contributed by atoms with van der Waals surface area (Å²) in [5.41, 5.74) is -2.94. The van der Waals surface area contributed by atoms with Gasteiger partial charge in [0.15, 0.2) is 0 Å². The molecular weight excluding hydrogens is 709 g/mol. The van der Waals surface area contributed by atoms with Gasteiger partial charge in [0.25, 0.3) is 11.8 Å². The van der Waals surface area contributed by atoms with Crippen molar-refractivity contribution in [3.8, 4) is 0 Å². The molecule has 14 heteroatoms. The highest BCUT2D eigenvalue weighted by atomic mass is 33.1. The standard InChI is InChI=1S/C38H52N2O10S2/c1-35(2,3)47-29(41)21-25(33(45)49-37(7,8)9)39-31(43)23-17-13-15-19-27(23)51-52-28-20-16-14-18-24(28)32(44)40-26(34(46)50-38(10,11)12)22-30(42)48-36(4,5)6/h13-20,25-26H,21-22H2,1-12H3,(H,39,43)(H,40,44). The third kappa shape index (κ3) is 16.5. The fourth-order valence-corrected chi connectivity index (χ4v) is 6.61. The molecule has 0 bridgehead atoms. The second-order valence-electron chi connectivity index (χ2n) is 15.9. The van der Waals surface area contributed by atoms with Crippen molar-refractivity contribution < 1.29 is 47.7 Å². The molecule has 0 spiro atoms. The topological polar surface area (TPSA) is 163 Å². The van der Waals surface area contributed by atoms with Crippen LogP contribution in [-0.2, 0) is 38.1 Å². The lowest BCUT2D eigenvalue weighted by molar-refractivity contribution is -0.164. The monoisotopic (exact) mass is 760 g/mol. The fraction of sp³-hybridized carbons (Fsp3) is 0.526. The molecule has 2 aromatic rings. The average Bonchev–Trinajstić information content (AvgIpc) is 2.96. The third-order valence-electron chi connectivity index (χ3n) is 6.06. The molecule has 2 aromatic carbocycles. The normalized spacial score (nSPS) is 13.2. The molecule has 2 unspecified atom stereocenters. The number of amides is 2. The second kappa shape index (κ2) is 18.1. The first-order valence-electron chi connectivity index (χ1n) is 16.8. The molecule has 0 aromatic heterocycles. The Morgan fingerprint density at radius 3 is 1.08 bits per heavy atom. The molecule has 2 N–H and O–H groups in total. The number of hydrogen-bond donors (Lipinski definition) is 2. The van der Waals surface area contributed by atoms with Crippen LogP contribution in [0.2, 0.25) is 0 Å². The first-order chi connectivity index (χ1) is 23.7. The minimum atomic E-state index is -1.32. The zero-order valence-corrected chi connectivity index (χ0v) is 33.7. The number of carbonyl (C=O) groups excluding carboxylic acids is 6. The van der Waals surface area contributed by atoms with E-state index in [1.54, 1.807) is 132 Å². The minimum Gasteiger partial charge on any atom is -0.460 e. The molecule has 0 saturated heterocycles. The Morgan fingerprint density at radius 1 is 0.500 bits per heavy atom. The zero-order valence-electron chi connectivity index (χ0n) is 32.1. The maximum Gasteiger partial charge on any atom is 0.329 e. The van der Waals surface area contributed by atoms with Gasteiger partial charge in [0.2, 0.25) is 0 Å². The summed E-state index contributed by atoms with van der Waals surface area (Å²) in [6.07, 6.45) is -0.884. The summed E-state index contributed by atoms with van der Waals surface area (Å²) in [6, 6.07) is 10.7. The van der Waals surface area contributed by atoms with Crippen molar-refractivity contribution >= 4 is 57.3 Å². The first-order valence-corrected chi connectivity index (χ1v) is 18.9. The van der Waals surface area contributed by atoms with Crippen LogP contribution in [0.3, 0.4) is 0 Å². The van der Waals surface area contributed by atoms with E-state index in [4.69, 9.17) is 18.9 Å². The zero-order chi connectivity index (χ0) is 39.7. The molecular formula is C38H52N2O10S2. The number of benzene rings is 2. The summed E-state index contributed by atoms with van der Waals surface area (Å²) in [6.45, 7) is 20.2. The van der Waals surface area contributed by atoms with Crippen LogP contribution in [0, 0.1) is 0 Å².